The summed E-state index contributed by atoms with van der Waals surface area (Å²) in [5, 5.41) is 2.80. The molecule has 0 aromatic heterocycles. The fraction of sp³-hybridized carbons (Fsp3) is 0.700. The highest BCUT2D eigenvalue weighted by Crippen LogP contribution is 1.96. The number of thiol groups is 1. The number of nitrogens with one attached hydrogen (secondary N) is 1. The highest BCUT2D eigenvalue weighted by molar-refractivity contribution is 7.80. The number of hydrogen-bond donors (Lipinski definition) is 3. The third-order valence-electron chi connectivity index (χ3n) is 1.80. The molecule has 0 aromatic carbocycles. The highest BCUT2D eigenvalue weighted by Gasteiger charge is 1.93. The first-order valence-electron chi connectivity index (χ1n) is 5.06. The molecule has 0 aromatic rings. The molecule has 1 amide bonds. The number of hydrogen-bond acceptors (Lipinski definition) is 3. The first-order valence-corrected chi connectivity index (χ1v) is 5.69. The maximum absolute atomic E-state index is 11.0. The van der Waals surface area contributed by atoms with E-state index < -0.39 is 0 Å². The monoisotopic (exact) mass is 216 g/mol. The molecule has 0 spiro atoms. The van der Waals surface area contributed by atoms with Crippen molar-refractivity contribution in [2.45, 2.75) is 25.7 Å². The molecule has 0 saturated carbocycles. The molecule has 0 bridgehead atoms. The van der Waals surface area contributed by atoms with E-state index in [1.54, 1.807) is 6.08 Å². The van der Waals surface area contributed by atoms with Crippen LogP contribution in [0.4, 0.5) is 0 Å². The molecule has 14 heavy (non-hydrogen) atoms. The summed E-state index contributed by atoms with van der Waals surface area (Å²) in [4.78, 5) is 11.0. The summed E-state index contributed by atoms with van der Waals surface area (Å²) in [5.41, 5.74) is 5.36. The Kier molecular flexibility index (Phi) is 10.2. The largest absolute Gasteiger partial charge is 0.353 e. The molecule has 0 rings (SSSR count). The molecular formula is C10H20N2OS. The van der Waals surface area contributed by atoms with Crippen LogP contribution in [0, 0.1) is 0 Å². The lowest BCUT2D eigenvalue weighted by molar-refractivity contribution is -0.116. The zero-order valence-electron chi connectivity index (χ0n) is 8.54. The van der Waals surface area contributed by atoms with Crippen LogP contribution >= 0.6 is 12.6 Å². The van der Waals surface area contributed by atoms with Crippen LogP contribution in [-0.4, -0.2) is 24.7 Å². The minimum atomic E-state index is -0.0297. The van der Waals surface area contributed by atoms with Crippen LogP contribution in [-0.2, 0) is 4.79 Å². The van der Waals surface area contributed by atoms with Crippen molar-refractivity contribution in [3.63, 3.8) is 0 Å². The summed E-state index contributed by atoms with van der Waals surface area (Å²) >= 11 is 3.96. The second-order valence-corrected chi connectivity index (χ2v) is 3.44. The second-order valence-electron chi connectivity index (χ2n) is 3.08. The summed E-state index contributed by atoms with van der Waals surface area (Å²) in [5.74, 6) is 0.571. The van der Waals surface area contributed by atoms with Gasteiger partial charge in [0, 0.05) is 12.3 Å². The molecule has 0 fully saturated rings. The van der Waals surface area contributed by atoms with Crippen LogP contribution in [0.25, 0.3) is 0 Å². The van der Waals surface area contributed by atoms with Gasteiger partial charge in [-0.2, -0.15) is 12.6 Å². The Labute approximate surface area is 91.5 Å². The minimum Gasteiger partial charge on any atom is -0.353 e. The Bertz CT molecular complexity index is 172. The lowest BCUT2D eigenvalue weighted by atomic mass is 10.2. The Morgan fingerprint density at radius 2 is 2.00 bits per heavy atom. The van der Waals surface area contributed by atoms with E-state index in [0.29, 0.717) is 5.75 Å². The number of unbranched alkanes of at least 4 members (excludes halogenated alkanes) is 3. The zero-order chi connectivity index (χ0) is 10.6. The summed E-state index contributed by atoms with van der Waals surface area (Å²) in [6.07, 6.45) is 7.64. The van der Waals surface area contributed by atoms with Gasteiger partial charge in [0.25, 0.3) is 0 Å². The molecule has 82 valence electrons. The first kappa shape index (κ1) is 13.5. The van der Waals surface area contributed by atoms with Gasteiger partial charge in [-0.05, 0) is 25.5 Å². The van der Waals surface area contributed by atoms with Crippen molar-refractivity contribution in [3.05, 3.63) is 12.2 Å². The maximum Gasteiger partial charge on any atom is 0.243 e. The first-order chi connectivity index (χ1) is 6.81. The number of carbonyl (C=O) groups is 1. The van der Waals surface area contributed by atoms with Gasteiger partial charge in [-0.1, -0.05) is 18.9 Å². The Morgan fingerprint density at radius 3 is 2.64 bits per heavy atom. The highest BCUT2D eigenvalue weighted by atomic mass is 32.1. The van der Waals surface area contributed by atoms with E-state index in [0.717, 1.165) is 38.8 Å². The van der Waals surface area contributed by atoms with Crippen LogP contribution in [0.5, 0.6) is 0 Å². The van der Waals surface area contributed by atoms with Gasteiger partial charge in [0.05, 0.1) is 0 Å². The fourth-order valence-corrected chi connectivity index (χ4v) is 1.16. The Morgan fingerprint density at radius 1 is 1.29 bits per heavy atom. The molecule has 0 saturated heterocycles. The van der Waals surface area contributed by atoms with E-state index in [2.05, 4.69) is 17.9 Å². The van der Waals surface area contributed by atoms with Gasteiger partial charge in [-0.15, -0.1) is 0 Å². The predicted octanol–water partition coefficient (Wildman–Crippen LogP) is 1.11. The van der Waals surface area contributed by atoms with E-state index in [9.17, 15) is 4.79 Å². The summed E-state index contributed by atoms with van der Waals surface area (Å²) in [6.45, 7) is 1.51. The molecule has 3 N–H and O–H groups in total. The molecular weight excluding hydrogens is 196 g/mol. The molecule has 0 heterocycles. The van der Waals surface area contributed by atoms with Gasteiger partial charge in [-0.25, -0.2) is 0 Å². The van der Waals surface area contributed by atoms with Gasteiger partial charge >= 0.3 is 0 Å². The van der Waals surface area contributed by atoms with E-state index in [1.807, 2.05) is 0 Å². The molecule has 4 heteroatoms. The molecule has 0 aliphatic heterocycles. The van der Waals surface area contributed by atoms with E-state index >= 15 is 0 Å². The summed E-state index contributed by atoms with van der Waals surface area (Å²) < 4.78 is 0. The summed E-state index contributed by atoms with van der Waals surface area (Å²) in [7, 11) is 0. The number of rotatable bonds is 8. The molecule has 0 atom stereocenters. The minimum absolute atomic E-state index is 0.0297. The SMILES string of the molecule is NCCCCCCNC(=O)/C=C/CS. The van der Waals surface area contributed by atoms with E-state index in [4.69, 9.17) is 5.73 Å². The van der Waals surface area contributed by atoms with Crippen molar-refractivity contribution in [2.24, 2.45) is 5.73 Å². The number of amides is 1. The lowest BCUT2D eigenvalue weighted by Crippen LogP contribution is -2.22. The smallest absolute Gasteiger partial charge is 0.243 e. The van der Waals surface area contributed by atoms with Gasteiger partial charge in [0.2, 0.25) is 5.91 Å². The topological polar surface area (TPSA) is 55.1 Å². The molecule has 3 nitrogen and oxygen atoms in total. The number of carbonyl (C=O) groups excluding carboxylic acids is 1. The van der Waals surface area contributed by atoms with Crippen LogP contribution in [0.2, 0.25) is 0 Å². The van der Waals surface area contributed by atoms with Crippen molar-refractivity contribution >= 4 is 18.5 Å². The van der Waals surface area contributed by atoms with Crippen LogP contribution in [0.15, 0.2) is 12.2 Å². The fourth-order valence-electron chi connectivity index (χ4n) is 1.05. The number of nitrogens with two attached hydrogens (primary N) is 1. The van der Waals surface area contributed by atoms with Crippen molar-refractivity contribution in [1.82, 2.24) is 5.32 Å². The molecule has 0 unspecified atom stereocenters. The Balaban J connectivity index is 3.19. The quantitative estimate of drug-likeness (QED) is 0.323. The van der Waals surface area contributed by atoms with E-state index in [1.165, 1.54) is 6.08 Å². The maximum atomic E-state index is 11.0. The molecule has 0 aliphatic rings. The second kappa shape index (κ2) is 10.6. The van der Waals surface area contributed by atoms with Crippen LogP contribution < -0.4 is 11.1 Å². The van der Waals surface area contributed by atoms with E-state index in [-0.39, 0.29) is 5.91 Å². The van der Waals surface area contributed by atoms with Crippen molar-refractivity contribution in [1.29, 1.82) is 0 Å². The van der Waals surface area contributed by atoms with Crippen LogP contribution in [0.1, 0.15) is 25.7 Å². The third kappa shape index (κ3) is 9.61. The zero-order valence-corrected chi connectivity index (χ0v) is 9.43. The summed E-state index contributed by atoms with van der Waals surface area (Å²) in [6, 6.07) is 0. The lowest BCUT2D eigenvalue weighted by Gasteiger charge is -2.01. The van der Waals surface area contributed by atoms with Gasteiger partial charge in [0.15, 0.2) is 0 Å². The van der Waals surface area contributed by atoms with Crippen molar-refractivity contribution in [3.8, 4) is 0 Å². The predicted molar refractivity (Wildman–Crippen MR) is 63.5 cm³/mol. The molecule has 0 radical (unpaired) electrons. The molecule has 0 aliphatic carbocycles. The van der Waals surface area contributed by atoms with Gasteiger partial charge < -0.3 is 11.1 Å². The van der Waals surface area contributed by atoms with Crippen molar-refractivity contribution in [2.75, 3.05) is 18.8 Å². The van der Waals surface area contributed by atoms with Crippen molar-refractivity contribution < 1.29 is 4.79 Å². The van der Waals surface area contributed by atoms with Gasteiger partial charge in [0.1, 0.15) is 0 Å². The normalized spacial score (nSPS) is 10.7. The van der Waals surface area contributed by atoms with Crippen LogP contribution in [0.3, 0.4) is 0 Å². The van der Waals surface area contributed by atoms with Gasteiger partial charge in [-0.3, -0.25) is 4.79 Å². The average Bonchev–Trinajstić information content (AvgIpc) is 2.20. The average molecular weight is 216 g/mol. The standard InChI is InChI=1S/C10H20N2OS/c11-7-3-1-2-4-8-12-10(13)6-5-9-14/h5-6,14H,1-4,7-9,11H2,(H,12,13)/b6-5+. The third-order valence-corrected chi connectivity index (χ3v) is 2.02. The Hall–Kier alpha value is -0.480.